The Balaban J connectivity index is 2.09. The van der Waals surface area contributed by atoms with Crippen LogP contribution in [0, 0.1) is 0 Å². The summed E-state index contributed by atoms with van der Waals surface area (Å²) < 4.78 is 5.41. The number of anilines is 1. The predicted molar refractivity (Wildman–Crippen MR) is 83.6 cm³/mol. The molecule has 0 atom stereocenters. The second-order valence-corrected chi connectivity index (χ2v) is 4.86. The van der Waals surface area contributed by atoms with Gasteiger partial charge in [0, 0.05) is 24.3 Å². The molecular weight excluding hydrogens is 248 g/mol. The van der Waals surface area contributed by atoms with Crippen molar-refractivity contribution in [3.05, 3.63) is 59.7 Å². The summed E-state index contributed by atoms with van der Waals surface area (Å²) in [5.41, 5.74) is 9.10. The zero-order valence-electron chi connectivity index (χ0n) is 12.2. The highest BCUT2D eigenvalue weighted by atomic mass is 16.5. The van der Waals surface area contributed by atoms with E-state index < -0.39 is 0 Å². The van der Waals surface area contributed by atoms with Crippen molar-refractivity contribution in [3.63, 3.8) is 0 Å². The minimum atomic E-state index is 0.816. The SMILES string of the molecule is CCN(Cc1cccc(N)c1)Cc1ccccc1OC. The normalized spacial score (nSPS) is 10.8. The van der Waals surface area contributed by atoms with Gasteiger partial charge in [-0.25, -0.2) is 0 Å². The Kier molecular flexibility index (Phi) is 5.02. The van der Waals surface area contributed by atoms with Crippen LogP contribution < -0.4 is 10.5 Å². The lowest BCUT2D eigenvalue weighted by molar-refractivity contribution is 0.266. The van der Waals surface area contributed by atoms with Crippen LogP contribution in [0.15, 0.2) is 48.5 Å². The van der Waals surface area contributed by atoms with Crippen LogP contribution in [0.1, 0.15) is 18.1 Å². The zero-order chi connectivity index (χ0) is 14.4. The Morgan fingerprint density at radius 1 is 1.05 bits per heavy atom. The molecule has 3 heteroatoms. The van der Waals surface area contributed by atoms with Gasteiger partial charge < -0.3 is 10.5 Å². The summed E-state index contributed by atoms with van der Waals surface area (Å²) in [5.74, 6) is 0.943. The summed E-state index contributed by atoms with van der Waals surface area (Å²) in [5, 5.41) is 0. The van der Waals surface area contributed by atoms with Crippen LogP contribution in [0.5, 0.6) is 5.75 Å². The molecule has 0 spiro atoms. The minimum absolute atomic E-state index is 0.816. The number of benzene rings is 2. The first-order chi connectivity index (χ1) is 9.72. The van der Waals surface area contributed by atoms with Crippen LogP contribution >= 0.6 is 0 Å². The van der Waals surface area contributed by atoms with E-state index in [-0.39, 0.29) is 0 Å². The Morgan fingerprint density at radius 3 is 2.55 bits per heavy atom. The van der Waals surface area contributed by atoms with E-state index in [1.165, 1.54) is 11.1 Å². The Morgan fingerprint density at radius 2 is 1.85 bits per heavy atom. The van der Waals surface area contributed by atoms with Crippen molar-refractivity contribution < 1.29 is 4.74 Å². The summed E-state index contributed by atoms with van der Waals surface area (Å²) in [7, 11) is 1.72. The molecule has 2 aromatic carbocycles. The van der Waals surface area contributed by atoms with Gasteiger partial charge in [0.25, 0.3) is 0 Å². The zero-order valence-corrected chi connectivity index (χ0v) is 12.2. The quantitative estimate of drug-likeness (QED) is 0.819. The highest BCUT2D eigenvalue weighted by Crippen LogP contribution is 2.20. The lowest BCUT2D eigenvalue weighted by atomic mass is 10.1. The van der Waals surface area contributed by atoms with Gasteiger partial charge in [0.05, 0.1) is 7.11 Å². The first-order valence-electron chi connectivity index (χ1n) is 6.91. The third-order valence-corrected chi connectivity index (χ3v) is 3.39. The van der Waals surface area contributed by atoms with Gasteiger partial charge in [-0.2, -0.15) is 0 Å². The fraction of sp³-hybridized carbons (Fsp3) is 0.294. The molecule has 0 bridgehead atoms. The van der Waals surface area contributed by atoms with Crippen molar-refractivity contribution in [3.8, 4) is 5.75 Å². The summed E-state index contributed by atoms with van der Waals surface area (Å²) in [6.45, 7) is 4.91. The van der Waals surface area contributed by atoms with E-state index in [4.69, 9.17) is 10.5 Å². The van der Waals surface area contributed by atoms with E-state index in [0.29, 0.717) is 0 Å². The highest BCUT2D eigenvalue weighted by Gasteiger charge is 2.08. The maximum absolute atomic E-state index is 5.84. The van der Waals surface area contributed by atoms with Gasteiger partial charge in [-0.05, 0) is 30.3 Å². The minimum Gasteiger partial charge on any atom is -0.496 e. The van der Waals surface area contributed by atoms with Crippen LogP contribution in [-0.4, -0.2) is 18.6 Å². The molecule has 0 unspecified atom stereocenters. The molecule has 0 aliphatic carbocycles. The van der Waals surface area contributed by atoms with E-state index in [1.807, 2.05) is 36.4 Å². The first-order valence-corrected chi connectivity index (χ1v) is 6.91. The average Bonchev–Trinajstić information content (AvgIpc) is 2.47. The van der Waals surface area contributed by atoms with Crippen molar-refractivity contribution in [2.24, 2.45) is 0 Å². The Hall–Kier alpha value is -2.00. The molecule has 106 valence electrons. The summed E-state index contributed by atoms with van der Waals surface area (Å²) in [4.78, 5) is 2.37. The lowest BCUT2D eigenvalue weighted by Gasteiger charge is -2.22. The topological polar surface area (TPSA) is 38.5 Å². The van der Waals surface area contributed by atoms with Crippen molar-refractivity contribution in [2.75, 3.05) is 19.4 Å². The number of hydrogen-bond acceptors (Lipinski definition) is 3. The number of hydrogen-bond donors (Lipinski definition) is 1. The van der Waals surface area contributed by atoms with Crippen molar-refractivity contribution >= 4 is 5.69 Å². The molecule has 2 aromatic rings. The molecule has 2 rings (SSSR count). The highest BCUT2D eigenvalue weighted by molar-refractivity contribution is 5.40. The maximum Gasteiger partial charge on any atom is 0.123 e. The van der Waals surface area contributed by atoms with Crippen LogP contribution in [0.4, 0.5) is 5.69 Å². The first kappa shape index (κ1) is 14.4. The number of rotatable bonds is 6. The van der Waals surface area contributed by atoms with Gasteiger partial charge in [-0.1, -0.05) is 37.3 Å². The fourth-order valence-electron chi connectivity index (χ4n) is 2.30. The van der Waals surface area contributed by atoms with Crippen molar-refractivity contribution in [2.45, 2.75) is 20.0 Å². The molecule has 3 nitrogen and oxygen atoms in total. The van der Waals surface area contributed by atoms with E-state index in [9.17, 15) is 0 Å². The number of methoxy groups -OCH3 is 1. The molecule has 0 aliphatic heterocycles. The molecular formula is C17H22N2O. The van der Waals surface area contributed by atoms with Gasteiger partial charge in [-0.15, -0.1) is 0 Å². The number of nitrogen functional groups attached to an aromatic ring is 1. The van der Waals surface area contributed by atoms with Crippen LogP contribution in [0.3, 0.4) is 0 Å². The smallest absolute Gasteiger partial charge is 0.123 e. The summed E-state index contributed by atoms with van der Waals surface area (Å²) in [6.07, 6.45) is 0. The lowest BCUT2D eigenvalue weighted by Crippen LogP contribution is -2.22. The monoisotopic (exact) mass is 270 g/mol. The second-order valence-electron chi connectivity index (χ2n) is 4.86. The standard InChI is InChI=1S/C17H22N2O/c1-3-19(12-14-7-6-9-16(18)11-14)13-15-8-4-5-10-17(15)20-2/h4-11H,3,12-13,18H2,1-2H3. The third-order valence-electron chi connectivity index (χ3n) is 3.39. The van der Waals surface area contributed by atoms with Gasteiger partial charge in [0.1, 0.15) is 5.75 Å². The maximum atomic E-state index is 5.84. The van der Waals surface area contributed by atoms with Gasteiger partial charge in [-0.3, -0.25) is 4.90 Å². The van der Waals surface area contributed by atoms with E-state index in [1.54, 1.807) is 7.11 Å². The van der Waals surface area contributed by atoms with Crippen LogP contribution in [0.25, 0.3) is 0 Å². The number of ether oxygens (including phenoxy) is 1. The molecule has 20 heavy (non-hydrogen) atoms. The molecule has 0 fully saturated rings. The van der Waals surface area contributed by atoms with Gasteiger partial charge in [0.15, 0.2) is 0 Å². The molecule has 0 saturated carbocycles. The second kappa shape index (κ2) is 6.96. The third kappa shape index (κ3) is 3.75. The molecule has 0 amide bonds. The number of para-hydroxylation sites is 1. The molecule has 2 N–H and O–H groups in total. The number of nitrogens with two attached hydrogens (primary N) is 1. The predicted octanol–water partition coefficient (Wildman–Crippen LogP) is 3.30. The molecule has 0 radical (unpaired) electrons. The summed E-state index contributed by atoms with van der Waals surface area (Å²) in [6, 6.07) is 16.2. The number of nitrogens with zero attached hydrogens (tertiary/aromatic N) is 1. The van der Waals surface area contributed by atoms with Crippen LogP contribution in [-0.2, 0) is 13.1 Å². The largest absolute Gasteiger partial charge is 0.496 e. The van der Waals surface area contributed by atoms with Gasteiger partial charge in [0.2, 0.25) is 0 Å². The van der Waals surface area contributed by atoms with Crippen molar-refractivity contribution in [1.82, 2.24) is 4.90 Å². The summed E-state index contributed by atoms with van der Waals surface area (Å²) >= 11 is 0. The van der Waals surface area contributed by atoms with Gasteiger partial charge >= 0.3 is 0 Å². The van der Waals surface area contributed by atoms with E-state index >= 15 is 0 Å². The van der Waals surface area contributed by atoms with Crippen LogP contribution in [0.2, 0.25) is 0 Å². The molecule has 0 aliphatic rings. The Bertz CT molecular complexity index is 554. The molecule has 0 heterocycles. The van der Waals surface area contributed by atoms with E-state index in [0.717, 1.165) is 31.1 Å². The Labute approximate surface area is 121 Å². The molecule has 0 saturated heterocycles. The average molecular weight is 270 g/mol. The fourth-order valence-corrected chi connectivity index (χ4v) is 2.30. The van der Waals surface area contributed by atoms with Crippen molar-refractivity contribution in [1.29, 1.82) is 0 Å². The molecule has 0 aromatic heterocycles. The van der Waals surface area contributed by atoms with E-state index in [2.05, 4.69) is 24.0 Å².